The molecule has 1 heterocycles. The summed E-state index contributed by atoms with van der Waals surface area (Å²) in [6.45, 7) is 0. The van der Waals surface area contributed by atoms with Crippen molar-refractivity contribution in [2.45, 2.75) is 0 Å². The summed E-state index contributed by atoms with van der Waals surface area (Å²) < 4.78 is 0. The molecule has 2 nitrogen and oxygen atoms in total. The van der Waals surface area contributed by atoms with Gasteiger partial charge in [-0.25, -0.2) is 0 Å². The van der Waals surface area contributed by atoms with Crippen LogP contribution in [0.3, 0.4) is 0 Å². The maximum Gasteiger partial charge on any atom is 0.181 e. The largest absolute Gasteiger partial charge is 0.290 e. The maximum atomic E-state index is 11.7. The van der Waals surface area contributed by atoms with E-state index in [0.717, 1.165) is 21.7 Å². The molecule has 0 N–H and O–H groups in total. The van der Waals surface area contributed by atoms with E-state index >= 15 is 0 Å². The van der Waals surface area contributed by atoms with Crippen molar-refractivity contribution in [2.75, 3.05) is 0 Å². The second-order valence-corrected chi connectivity index (χ2v) is 3.71. The summed E-state index contributed by atoms with van der Waals surface area (Å²) in [5.74, 6) is 0. The minimum Gasteiger partial charge on any atom is -0.290 e. The summed E-state index contributed by atoms with van der Waals surface area (Å²) in [4.78, 5) is 15.9. The number of aromatic nitrogens is 1. The van der Waals surface area contributed by atoms with Gasteiger partial charge in [0.25, 0.3) is 0 Å². The number of hydrogen-bond donors (Lipinski definition) is 0. The van der Waals surface area contributed by atoms with Crippen LogP contribution in [0.5, 0.6) is 0 Å². The summed E-state index contributed by atoms with van der Waals surface area (Å²) in [5.41, 5.74) is 0.735. The Hall–Kier alpha value is -2.22. The van der Waals surface area contributed by atoms with Gasteiger partial charge in [-0.1, -0.05) is 30.3 Å². The molecule has 0 amide bonds. The van der Waals surface area contributed by atoms with E-state index in [1.165, 1.54) is 0 Å². The highest BCUT2D eigenvalue weighted by molar-refractivity contribution is 6.04. The minimum atomic E-state index is -0.00935. The number of pyridine rings is 1. The van der Waals surface area contributed by atoms with Gasteiger partial charge in [0.05, 0.1) is 5.52 Å². The van der Waals surface area contributed by atoms with Gasteiger partial charge in [0.15, 0.2) is 5.43 Å². The highest BCUT2D eigenvalue weighted by Gasteiger charge is 1.99. The first-order valence-corrected chi connectivity index (χ1v) is 5.12. The number of fused-ring (bicyclic) bond motifs is 3. The Bertz CT molecular complexity index is 673. The summed E-state index contributed by atoms with van der Waals surface area (Å²) in [6.07, 6.45) is 1.70. The van der Waals surface area contributed by atoms with Crippen molar-refractivity contribution in [1.82, 2.24) is 4.98 Å². The lowest BCUT2D eigenvalue weighted by Gasteiger charge is -1.95. The lowest BCUT2D eigenvalue weighted by Crippen LogP contribution is -1.90. The molecule has 16 heavy (non-hydrogen) atoms. The van der Waals surface area contributed by atoms with Gasteiger partial charge in [0, 0.05) is 17.6 Å². The standard InChI is InChI=1S/C14H9NO/c16-11-8-10-4-1-2-5-12(10)13-6-3-7-15-14(13)9-11/h1-9H. The van der Waals surface area contributed by atoms with Gasteiger partial charge < -0.3 is 0 Å². The third-order valence-corrected chi connectivity index (χ3v) is 2.67. The topological polar surface area (TPSA) is 30.0 Å². The third kappa shape index (κ3) is 1.36. The SMILES string of the molecule is O=c1cc2ccccc2c2cccnc2c1. The first kappa shape index (κ1) is 9.04. The van der Waals surface area contributed by atoms with Crippen molar-refractivity contribution >= 4 is 21.7 Å². The van der Waals surface area contributed by atoms with E-state index in [1.54, 1.807) is 18.3 Å². The summed E-state index contributed by atoms with van der Waals surface area (Å²) in [5, 5.41) is 3.03. The van der Waals surface area contributed by atoms with E-state index < -0.39 is 0 Å². The third-order valence-electron chi connectivity index (χ3n) is 2.67. The molecule has 0 radical (unpaired) electrons. The number of rotatable bonds is 0. The number of nitrogens with zero attached hydrogens (tertiary/aromatic N) is 1. The number of hydrogen-bond acceptors (Lipinski definition) is 2. The quantitative estimate of drug-likeness (QED) is 0.567. The summed E-state index contributed by atoms with van der Waals surface area (Å²) in [7, 11) is 0. The van der Waals surface area contributed by atoms with E-state index in [4.69, 9.17) is 0 Å². The van der Waals surface area contributed by atoms with E-state index in [0.29, 0.717) is 0 Å². The Labute approximate surface area is 92.2 Å². The van der Waals surface area contributed by atoms with E-state index in [1.807, 2.05) is 36.4 Å². The molecule has 3 rings (SSSR count). The first-order chi connectivity index (χ1) is 7.84. The van der Waals surface area contributed by atoms with Gasteiger partial charge >= 0.3 is 0 Å². The summed E-state index contributed by atoms with van der Waals surface area (Å²) >= 11 is 0. The Morgan fingerprint density at radius 3 is 2.62 bits per heavy atom. The monoisotopic (exact) mass is 207 g/mol. The van der Waals surface area contributed by atoms with Gasteiger partial charge in [-0.3, -0.25) is 9.78 Å². The zero-order chi connectivity index (χ0) is 11.0. The molecule has 0 aliphatic rings. The fraction of sp³-hybridized carbons (Fsp3) is 0. The van der Waals surface area contributed by atoms with Crippen LogP contribution in [-0.4, -0.2) is 4.98 Å². The second kappa shape index (κ2) is 3.42. The molecule has 0 fully saturated rings. The molecule has 0 bridgehead atoms. The van der Waals surface area contributed by atoms with Gasteiger partial charge in [-0.2, -0.15) is 0 Å². The fourth-order valence-corrected chi connectivity index (χ4v) is 1.96. The van der Waals surface area contributed by atoms with Crippen LogP contribution >= 0.6 is 0 Å². The van der Waals surface area contributed by atoms with Crippen molar-refractivity contribution in [1.29, 1.82) is 0 Å². The Kier molecular flexibility index (Phi) is 1.93. The Morgan fingerprint density at radius 2 is 1.69 bits per heavy atom. The average molecular weight is 207 g/mol. The Morgan fingerprint density at radius 1 is 0.875 bits per heavy atom. The molecular weight excluding hydrogens is 198 g/mol. The van der Waals surface area contributed by atoms with Crippen molar-refractivity contribution < 1.29 is 0 Å². The highest BCUT2D eigenvalue weighted by Crippen LogP contribution is 2.20. The molecule has 3 aromatic rings. The predicted molar refractivity (Wildman–Crippen MR) is 65.5 cm³/mol. The highest BCUT2D eigenvalue weighted by atomic mass is 16.1. The first-order valence-electron chi connectivity index (χ1n) is 5.12. The van der Waals surface area contributed by atoms with Gasteiger partial charge in [0.1, 0.15) is 0 Å². The molecule has 0 saturated heterocycles. The molecule has 76 valence electrons. The van der Waals surface area contributed by atoms with Crippen molar-refractivity contribution in [2.24, 2.45) is 0 Å². The van der Waals surface area contributed by atoms with E-state index in [2.05, 4.69) is 4.98 Å². The lowest BCUT2D eigenvalue weighted by atomic mass is 10.1. The average Bonchev–Trinajstić information content (AvgIpc) is 2.44. The van der Waals surface area contributed by atoms with Crippen LogP contribution in [0.1, 0.15) is 0 Å². The smallest absolute Gasteiger partial charge is 0.181 e. The fourth-order valence-electron chi connectivity index (χ4n) is 1.96. The normalized spacial score (nSPS) is 10.8. The molecular formula is C14H9NO. The van der Waals surface area contributed by atoms with E-state index in [9.17, 15) is 4.79 Å². The molecule has 2 heteroatoms. The van der Waals surface area contributed by atoms with Crippen molar-refractivity contribution in [3.63, 3.8) is 0 Å². The van der Waals surface area contributed by atoms with Crippen LogP contribution in [0.2, 0.25) is 0 Å². The lowest BCUT2D eigenvalue weighted by molar-refractivity contribution is 1.42. The molecule has 0 aliphatic carbocycles. The van der Waals surface area contributed by atoms with E-state index in [-0.39, 0.29) is 5.43 Å². The number of benzene rings is 1. The molecule has 0 atom stereocenters. The Balaban J connectivity index is 2.72. The van der Waals surface area contributed by atoms with Crippen LogP contribution < -0.4 is 5.43 Å². The maximum absolute atomic E-state index is 11.7. The van der Waals surface area contributed by atoms with Crippen LogP contribution in [0.15, 0.2) is 59.5 Å². The van der Waals surface area contributed by atoms with Gasteiger partial charge in [-0.15, -0.1) is 0 Å². The van der Waals surface area contributed by atoms with Gasteiger partial charge in [0.2, 0.25) is 0 Å². The van der Waals surface area contributed by atoms with Crippen LogP contribution in [0.25, 0.3) is 21.7 Å². The van der Waals surface area contributed by atoms with Crippen molar-refractivity contribution in [3.05, 3.63) is 65.0 Å². The molecule has 2 aromatic carbocycles. The zero-order valence-corrected chi connectivity index (χ0v) is 8.55. The van der Waals surface area contributed by atoms with Crippen LogP contribution in [0, 0.1) is 0 Å². The van der Waals surface area contributed by atoms with Gasteiger partial charge in [-0.05, 0) is 22.9 Å². The minimum absolute atomic E-state index is 0.00935. The zero-order valence-electron chi connectivity index (χ0n) is 8.55. The van der Waals surface area contributed by atoms with Crippen molar-refractivity contribution in [3.8, 4) is 0 Å². The summed E-state index contributed by atoms with van der Waals surface area (Å²) in [6, 6.07) is 15.0. The molecule has 0 unspecified atom stereocenters. The van der Waals surface area contributed by atoms with Crippen LogP contribution in [-0.2, 0) is 0 Å². The predicted octanol–water partition coefficient (Wildman–Crippen LogP) is 2.75. The molecule has 0 spiro atoms. The molecule has 0 aliphatic heterocycles. The van der Waals surface area contributed by atoms with Crippen LogP contribution in [0.4, 0.5) is 0 Å². The molecule has 1 aromatic heterocycles. The molecule has 0 saturated carbocycles. The second-order valence-electron chi connectivity index (χ2n) is 3.71.